The number of allylic oxidation sites excluding steroid dienone is 2. The number of rotatable bonds is 2. The molecule has 162 valence electrons. The monoisotopic (exact) mass is 493 g/mol. The predicted molar refractivity (Wildman–Crippen MR) is 120 cm³/mol. The van der Waals surface area contributed by atoms with Gasteiger partial charge in [-0.25, -0.2) is 19.0 Å². The number of hydrogen-bond donors (Lipinski definition) is 1. The second-order valence-electron chi connectivity index (χ2n) is 8.78. The Bertz CT molecular complexity index is 1300. The van der Waals surface area contributed by atoms with Crippen LogP contribution in [0.5, 0.6) is 0 Å². The molecule has 2 aliphatic carbocycles. The number of benzene rings is 1. The van der Waals surface area contributed by atoms with Crippen LogP contribution in [0.2, 0.25) is 0 Å². The maximum atomic E-state index is 15.1. The van der Waals surface area contributed by atoms with E-state index in [0.717, 1.165) is 24.1 Å². The van der Waals surface area contributed by atoms with Gasteiger partial charge in [-0.3, -0.25) is 0 Å². The predicted octanol–water partition coefficient (Wildman–Crippen LogP) is 5.43. The Morgan fingerprint density at radius 3 is 2.84 bits per heavy atom. The Labute approximate surface area is 193 Å². The molecule has 5 rings (SSSR count). The van der Waals surface area contributed by atoms with Gasteiger partial charge in [-0.2, -0.15) is 10.4 Å². The van der Waals surface area contributed by atoms with E-state index < -0.39 is 11.2 Å². The van der Waals surface area contributed by atoms with Gasteiger partial charge in [0, 0.05) is 27.6 Å². The minimum Gasteiger partial charge on any atom is -0.511 e. The van der Waals surface area contributed by atoms with E-state index in [1.54, 1.807) is 29.1 Å². The van der Waals surface area contributed by atoms with Crippen molar-refractivity contribution in [2.24, 2.45) is 11.8 Å². The van der Waals surface area contributed by atoms with E-state index in [1.165, 1.54) is 12.4 Å². The zero-order valence-electron chi connectivity index (χ0n) is 17.7. The number of aliphatic hydroxyl groups is 1. The fraction of sp³-hybridized carbons (Fsp3) is 0.333. The highest BCUT2D eigenvalue weighted by Gasteiger charge is 2.51. The van der Waals surface area contributed by atoms with Crippen molar-refractivity contribution in [2.75, 3.05) is 0 Å². The molecule has 0 unspecified atom stereocenters. The van der Waals surface area contributed by atoms with Gasteiger partial charge >= 0.3 is 0 Å². The topological polar surface area (TPSA) is 87.6 Å². The van der Waals surface area contributed by atoms with Gasteiger partial charge in [0.15, 0.2) is 0 Å². The second-order valence-corrected chi connectivity index (χ2v) is 9.70. The third-order valence-electron chi connectivity index (χ3n) is 7.03. The normalized spacial score (nSPS) is 24.6. The van der Waals surface area contributed by atoms with E-state index in [9.17, 15) is 10.4 Å². The van der Waals surface area contributed by atoms with Gasteiger partial charge in [0.2, 0.25) is 0 Å². The number of aromatic nitrogens is 4. The Kier molecular flexibility index (Phi) is 4.90. The highest BCUT2D eigenvalue weighted by molar-refractivity contribution is 9.10. The largest absolute Gasteiger partial charge is 0.511 e. The minimum atomic E-state index is -0.498. The van der Waals surface area contributed by atoms with Crippen LogP contribution < -0.4 is 0 Å². The average Bonchev–Trinajstić information content (AvgIpc) is 3.18. The Morgan fingerprint density at radius 1 is 1.34 bits per heavy atom. The molecule has 1 aromatic carbocycles. The molecular formula is C24H21BrFN5O. The summed E-state index contributed by atoms with van der Waals surface area (Å²) in [6.07, 6.45) is 5.08. The van der Waals surface area contributed by atoms with E-state index >= 15 is 4.39 Å². The standard InChI is InChI=1S/C24H21BrFN5O/c1-13-17-5-4-16-21(19-7-8-28-12-29-19)30-31(20-6-3-15(25)9-18(20)26)23(16)24(17,2)10-14(11-27)22(13)32/h3,6-9,12-13,17,32H,4-5,10H2,1-2H3/t13-,17-,24-/m1/s1. The van der Waals surface area contributed by atoms with Crippen LogP contribution in [0.1, 0.15) is 37.9 Å². The molecule has 0 spiro atoms. The zero-order chi connectivity index (χ0) is 22.6. The number of nitriles is 1. The first-order valence-electron chi connectivity index (χ1n) is 10.5. The third kappa shape index (κ3) is 2.99. The van der Waals surface area contributed by atoms with Crippen molar-refractivity contribution in [3.05, 3.63) is 69.7 Å². The fourth-order valence-corrected chi connectivity index (χ4v) is 5.90. The SMILES string of the molecule is C[C@H]1C(O)=C(C#N)C[C@@]2(C)c3c(c(-c4ccncn4)nn3-c3ccc(Br)cc3F)CC[C@H]12. The lowest BCUT2D eigenvalue weighted by Crippen LogP contribution is -2.45. The molecule has 0 saturated carbocycles. The van der Waals surface area contributed by atoms with E-state index in [1.807, 2.05) is 6.92 Å². The molecule has 2 heterocycles. The first kappa shape index (κ1) is 20.8. The van der Waals surface area contributed by atoms with Crippen LogP contribution in [0.15, 0.2) is 52.6 Å². The van der Waals surface area contributed by atoms with Crippen LogP contribution in [0.3, 0.4) is 0 Å². The molecule has 0 bridgehead atoms. The molecular weight excluding hydrogens is 473 g/mol. The molecule has 0 amide bonds. The first-order chi connectivity index (χ1) is 15.3. The van der Waals surface area contributed by atoms with Gasteiger partial charge < -0.3 is 5.11 Å². The van der Waals surface area contributed by atoms with Crippen molar-refractivity contribution in [2.45, 2.75) is 38.5 Å². The maximum absolute atomic E-state index is 15.1. The number of fused-ring (bicyclic) bond motifs is 3. The van der Waals surface area contributed by atoms with Gasteiger partial charge in [0.1, 0.15) is 29.3 Å². The molecule has 0 aliphatic heterocycles. The van der Waals surface area contributed by atoms with Crippen molar-refractivity contribution in [3.8, 4) is 23.1 Å². The number of nitrogens with zero attached hydrogens (tertiary/aromatic N) is 5. The van der Waals surface area contributed by atoms with Crippen LogP contribution in [0.25, 0.3) is 17.1 Å². The summed E-state index contributed by atoms with van der Waals surface area (Å²) >= 11 is 3.33. The number of halogens is 2. The lowest BCUT2D eigenvalue weighted by Gasteiger charge is -2.47. The number of hydrogen-bond acceptors (Lipinski definition) is 5. The summed E-state index contributed by atoms with van der Waals surface area (Å²) in [5, 5.41) is 25.2. The Hall–Kier alpha value is -3.05. The molecule has 0 fully saturated rings. The summed E-state index contributed by atoms with van der Waals surface area (Å²) in [6, 6.07) is 8.90. The summed E-state index contributed by atoms with van der Waals surface area (Å²) in [4.78, 5) is 8.41. The molecule has 1 N–H and O–H groups in total. The zero-order valence-corrected chi connectivity index (χ0v) is 19.3. The van der Waals surface area contributed by atoms with Crippen LogP contribution in [0.4, 0.5) is 4.39 Å². The highest BCUT2D eigenvalue weighted by Crippen LogP contribution is 2.55. The van der Waals surface area contributed by atoms with Crippen molar-refractivity contribution in [1.82, 2.24) is 19.7 Å². The summed E-state index contributed by atoms with van der Waals surface area (Å²) < 4.78 is 17.5. The summed E-state index contributed by atoms with van der Waals surface area (Å²) in [5.41, 5.74) is 3.51. The van der Waals surface area contributed by atoms with Crippen LogP contribution in [-0.2, 0) is 11.8 Å². The Balaban J connectivity index is 1.81. The average molecular weight is 494 g/mol. The van der Waals surface area contributed by atoms with Crippen molar-refractivity contribution < 1.29 is 9.50 Å². The molecule has 8 heteroatoms. The molecule has 3 atom stereocenters. The minimum absolute atomic E-state index is 0.0966. The quantitative estimate of drug-likeness (QED) is 0.514. The smallest absolute Gasteiger partial charge is 0.149 e. The van der Waals surface area contributed by atoms with Crippen LogP contribution in [-0.4, -0.2) is 24.9 Å². The molecule has 3 aromatic rings. The summed E-state index contributed by atoms with van der Waals surface area (Å²) in [5.74, 6) is -0.292. The summed E-state index contributed by atoms with van der Waals surface area (Å²) in [7, 11) is 0. The first-order valence-corrected chi connectivity index (χ1v) is 11.3. The highest BCUT2D eigenvalue weighted by atomic mass is 79.9. The van der Waals surface area contributed by atoms with E-state index in [-0.39, 0.29) is 17.6 Å². The van der Waals surface area contributed by atoms with Crippen LogP contribution in [0, 0.1) is 29.0 Å². The molecule has 2 aromatic heterocycles. The maximum Gasteiger partial charge on any atom is 0.149 e. The van der Waals surface area contributed by atoms with Gasteiger partial charge in [-0.15, -0.1) is 0 Å². The lowest BCUT2D eigenvalue weighted by molar-refractivity contribution is 0.134. The summed E-state index contributed by atoms with van der Waals surface area (Å²) in [6.45, 7) is 4.07. The van der Waals surface area contributed by atoms with Gasteiger partial charge in [0.05, 0.1) is 23.0 Å². The van der Waals surface area contributed by atoms with Crippen molar-refractivity contribution in [3.63, 3.8) is 0 Å². The second kappa shape index (κ2) is 7.52. The molecule has 32 heavy (non-hydrogen) atoms. The van der Waals surface area contributed by atoms with Crippen molar-refractivity contribution in [1.29, 1.82) is 5.26 Å². The lowest BCUT2D eigenvalue weighted by atomic mass is 9.56. The van der Waals surface area contributed by atoms with Gasteiger partial charge in [0.25, 0.3) is 0 Å². The Morgan fingerprint density at radius 2 is 2.16 bits per heavy atom. The van der Waals surface area contributed by atoms with E-state index in [2.05, 4.69) is 38.9 Å². The number of aliphatic hydroxyl groups excluding tert-OH is 1. The van der Waals surface area contributed by atoms with E-state index in [4.69, 9.17) is 5.10 Å². The molecule has 6 nitrogen and oxygen atoms in total. The van der Waals surface area contributed by atoms with Crippen molar-refractivity contribution >= 4 is 15.9 Å². The molecule has 0 radical (unpaired) electrons. The molecule has 2 aliphatic rings. The third-order valence-corrected chi connectivity index (χ3v) is 7.53. The fourth-order valence-electron chi connectivity index (χ4n) is 5.57. The molecule has 0 saturated heterocycles. The van der Waals surface area contributed by atoms with Gasteiger partial charge in [-0.05, 0) is 49.4 Å². The van der Waals surface area contributed by atoms with E-state index in [0.29, 0.717) is 33.5 Å². The van der Waals surface area contributed by atoms with Gasteiger partial charge in [-0.1, -0.05) is 29.8 Å². The van der Waals surface area contributed by atoms with Crippen LogP contribution >= 0.6 is 15.9 Å².